The van der Waals surface area contributed by atoms with Crippen molar-refractivity contribution in [3.05, 3.63) is 93.3 Å². The third-order valence-corrected chi connectivity index (χ3v) is 4.10. The Kier molecular flexibility index (Phi) is 3.77. The van der Waals surface area contributed by atoms with Crippen molar-refractivity contribution < 1.29 is 4.92 Å². The maximum atomic E-state index is 13.1. The van der Waals surface area contributed by atoms with Crippen LogP contribution in [0.1, 0.15) is 5.56 Å². The molecule has 0 amide bonds. The van der Waals surface area contributed by atoms with E-state index in [9.17, 15) is 14.9 Å². The highest BCUT2D eigenvalue weighted by Gasteiger charge is 2.22. The maximum absolute atomic E-state index is 13.1. The predicted octanol–water partition coefficient (Wildman–Crippen LogP) is 2.54. The molecule has 3 heterocycles. The number of hydrogen-bond donors (Lipinski definition) is 0. The second-order valence-electron chi connectivity index (χ2n) is 5.65. The van der Waals surface area contributed by atoms with E-state index in [0.717, 1.165) is 5.56 Å². The van der Waals surface area contributed by atoms with Crippen LogP contribution < -0.4 is 5.69 Å². The maximum Gasteiger partial charge on any atom is 0.335 e. The molecule has 0 spiro atoms. The van der Waals surface area contributed by atoms with Gasteiger partial charge >= 0.3 is 5.69 Å². The Bertz CT molecular complexity index is 1160. The predicted molar refractivity (Wildman–Crippen MR) is 95.3 cm³/mol. The monoisotopic (exact) mass is 347 g/mol. The molecule has 0 atom stereocenters. The van der Waals surface area contributed by atoms with Crippen LogP contribution in [0.4, 0.5) is 5.69 Å². The minimum Gasteiger partial charge on any atom is -0.286 e. The Morgan fingerprint density at radius 3 is 2.54 bits per heavy atom. The summed E-state index contributed by atoms with van der Waals surface area (Å²) in [5.74, 6) is 0. The quantitative estimate of drug-likeness (QED) is 0.417. The van der Waals surface area contributed by atoms with Gasteiger partial charge in [-0.1, -0.05) is 12.1 Å². The van der Waals surface area contributed by atoms with E-state index in [2.05, 4.69) is 9.97 Å². The highest BCUT2D eigenvalue weighted by Crippen LogP contribution is 2.24. The van der Waals surface area contributed by atoms with Gasteiger partial charge in [0.05, 0.1) is 17.0 Å². The molecule has 0 aliphatic carbocycles. The lowest BCUT2D eigenvalue weighted by Crippen LogP contribution is -2.24. The molecule has 8 nitrogen and oxygen atoms in total. The van der Waals surface area contributed by atoms with E-state index < -0.39 is 4.92 Å². The first kappa shape index (κ1) is 15.7. The zero-order valence-electron chi connectivity index (χ0n) is 13.5. The van der Waals surface area contributed by atoms with Crippen molar-refractivity contribution in [3.63, 3.8) is 0 Å². The standard InChI is InChI=1S/C18H13N5O3/c24-18-21(12-13-7-10-19-11-8-13)16-6-3-9-20-17(16)22(18)14-4-1-2-5-15(14)23(25)26/h1-11H,12H2. The van der Waals surface area contributed by atoms with Crippen molar-refractivity contribution in [2.24, 2.45) is 0 Å². The van der Waals surface area contributed by atoms with E-state index in [1.165, 1.54) is 10.6 Å². The second-order valence-corrected chi connectivity index (χ2v) is 5.65. The number of para-hydroxylation sites is 2. The third kappa shape index (κ3) is 2.53. The van der Waals surface area contributed by atoms with E-state index in [4.69, 9.17) is 0 Å². The summed E-state index contributed by atoms with van der Waals surface area (Å²) >= 11 is 0. The van der Waals surface area contributed by atoms with Crippen molar-refractivity contribution >= 4 is 16.9 Å². The van der Waals surface area contributed by atoms with Gasteiger partial charge in [0, 0.05) is 24.7 Å². The molecular weight excluding hydrogens is 334 g/mol. The van der Waals surface area contributed by atoms with Crippen molar-refractivity contribution in [3.8, 4) is 5.69 Å². The number of hydrogen-bond acceptors (Lipinski definition) is 5. The van der Waals surface area contributed by atoms with E-state index in [1.54, 1.807) is 53.5 Å². The van der Waals surface area contributed by atoms with Crippen LogP contribution in [-0.2, 0) is 6.54 Å². The minimum atomic E-state index is -0.503. The van der Waals surface area contributed by atoms with Crippen molar-refractivity contribution in [1.29, 1.82) is 0 Å². The summed E-state index contributed by atoms with van der Waals surface area (Å²) in [6.45, 7) is 0.317. The lowest BCUT2D eigenvalue weighted by molar-refractivity contribution is -0.384. The summed E-state index contributed by atoms with van der Waals surface area (Å²) < 4.78 is 2.84. The highest BCUT2D eigenvalue weighted by atomic mass is 16.6. The van der Waals surface area contributed by atoms with Gasteiger partial charge in [0.2, 0.25) is 0 Å². The Hall–Kier alpha value is -3.81. The number of nitro groups is 1. The summed E-state index contributed by atoms with van der Waals surface area (Å²) in [6, 6.07) is 13.3. The molecule has 26 heavy (non-hydrogen) atoms. The van der Waals surface area contributed by atoms with Crippen LogP contribution in [0.3, 0.4) is 0 Å². The number of aromatic nitrogens is 4. The van der Waals surface area contributed by atoms with Gasteiger partial charge in [0.1, 0.15) is 5.69 Å². The third-order valence-electron chi connectivity index (χ3n) is 4.10. The molecule has 0 aliphatic rings. The first-order valence-electron chi connectivity index (χ1n) is 7.86. The van der Waals surface area contributed by atoms with Gasteiger partial charge in [-0.05, 0) is 35.9 Å². The van der Waals surface area contributed by atoms with Gasteiger partial charge in [-0.15, -0.1) is 0 Å². The number of nitro benzene ring substituents is 1. The first-order valence-corrected chi connectivity index (χ1v) is 7.86. The molecule has 0 saturated heterocycles. The summed E-state index contributed by atoms with van der Waals surface area (Å²) in [5.41, 5.74) is 1.54. The van der Waals surface area contributed by atoms with Crippen LogP contribution in [-0.4, -0.2) is 24.0 Å². The fourth-order valence-electron chi connectivity index (χ4n) is 2.93. The molecule has 1 aromatic carbocycles. The molecule has 0 bridgehead atoms. The van der Waals surface area contributed by atoms with Gasteiger partial charge < -0.3 is 0 Å². The summed E-state index contributed by atoms with van der Waals surface area (Å²) in [7, 11) is 0. The molecule has 0 radical (unpaired) electrons. The number of rotatable bonds is 4. The van der Waals surface area contributed by atoms with Crippen LogP contribution in [0.2, 0.25) is 0 Å². The molecule has 0 N–H and O–H groups in total. The largest absolute Gasteiger partial charge is 0.335 e. The zero-order valence-corrected chi connectivity index (χ0v) is 13.5. The Labute approximate surface area is 147 Å². The van der Waals surface area contributed by atoms with Crippen molar-refractivity contribution in [2.45, 2.75) is 6.54 Å². The lowest BCUT2D eigenvalue weighted by Gasteiger charge is -2.04. The highest BCUT2D eigenvalue weighted by molar-refractivity contribution is 5.75. The molecule has 0 fully saturated rings. The van der Waals surface area contributed by atoms with Gasteiger partial charge in [-0.2, -0.15) is 0 Å². The average Bonchev–Trinajstić information content (AvgIpc) is 2.94. The Morgan fingerprint density at radius 2 is 1.77 bits per heavy atom. The smallest absolute Gasteiger partial charge is 0.286 e. The van der Waals surface area contributed by atoms with Crippen LogP contribution in [0.5, 0.6) is 0 Å². The number of fused-ring (bicyclic) bond motifs is 1. The number of benzene rings is 1. The number of nitrogens with zero attached hydrogens (tertiary/aromatic N) is 5. The van der Waals surface area contributed by atoms with Crippen molar-refractivity contribution in [2.75, 3.05) is 0 Å². The molecule has 0 saturated carbocycles. The molecule has 8 heteroatoms. The zero-order chi connectivity index (χ0) is 18.1. The summed E-state index contributed by atoms with van der Waals surface area (Å²) in [5, 5.41) is 11.4. The first-order chi connectivity index (χ1) is 12.7. The minimum absolute atomic E-state index is 0.150. The fraction of sp³-hybridized carbons (Fsp3) is 0.0556. The van der Waals surface area contributed by atoms with Crippen LogP contribution in [0.25, 0.3) is 16.9 Å². The van der Waals surface area contributed by atoms with E-state index in [1.807, 2.05) is 12.1 Å². The van der Waals surface area contributed by atoms with E-state index in [0.29, 0.717) is 17.7 Å². The topological polar surface area (TPSA) is 95.8 Å². The molecule has 3 aromatic heterocycles. The molecule has 4 rings (SSSR count). The van der Waals surface area contributed by atoms with Gasteiger partial charge in [-0.3, -0.25) is 19.7 Å². The number of pyridine rings is 2. The Balaban J connectivity index is 1.99. The SMILES string of the molecule is O=c1n(Cc2ccncc2)c2cccnc2n1-c1ccccc1[N+](=O)[O-]. The van der Waals surface area contributed by atoms with Gasteiger partial charge in [0.25, 0.3) is 5.69 Å². The van der Waals surface area contributed by atoms with Crippen LogP contribution in [0, 0.1) is 10.1 Å². The second kappa shape index (κ2) is 6.25. The Morgan fingerprint density at radius 1 is 1.00 bits per heavy atom. The van der Waals surface area contributed by atoms with Crippen LogP contribution >= 0.6 is 0 Å². The lowest BCUT2D eigenvalue weighted by atomic mass is 10.2. The van der Waals surface area contributed by atoms with Gasteiger partial charge in [-0.25, -0.2) is 14.3 Å². The number of imidazole rings is 1. The summed E-state index contributed by atoms with van der Waals surface area (Å²) in [6.07, 6.45) is 4.86. The van der Waals surface area contributed by atoms with Crippen LogP contribution in [0.15, 0.2) is 71.9 Å². The van der Waals surface area contributed by atoms with Crippen molar-refractivity contribution in [1.82, 2.24) is 19.1 Å². The molecule has 0 aliphatic heterocycles. The average molecular weight is 347 g/mol. The fourth-order valence-corrected chi connectivity index (χ4v) is 2.93. The van der Waals surface area contributed by atoms with Gasteiger partial charge in [0.15, 0.2) is 5.65 Å². The van der Waals surface area contributed by atoms with E-state index >= 15 is 0 Å². The van der Waals surface area contributed by atoms with E-state index in [-0.39, 0.29) is 17.1 Å². The molecule has 128 valence electrons. The summed E-state index contributed by atoms with van der Waals surface area (Å²) in [4.78, 5) is 32.3. The molecule has 0 unspecified atom stereocenters. The molecule has 4 aromatic rings. The normalized spacial score (nSPS) is 10.9. The molecular formula is C18H13N5O3.